The van der Waals surface area contributed by atoms with Crippen molar-refractivity contribution in [2.45, 2.75) is 13.0 Å². The van der Waals surface area contributed by atoms with Gasteiger partial charge in [-0.3, -0.25) is 9.80 Å². The maximum Gasteiger partial charge on any atom is 0.338 e. The van der Waals surface area contributed by atoms with Gasteiger partial charge in [0.25, 0.3) is 0 Å². The first-order valence-corrected chi connectivity index (χ1v) is 9.95. The summed E-state index contributed by atoms with van der Waals surface area (Å²) in [6, 6.07) is 4.32. The van der Waals surface area contributed by atoms with Crippen LogP contribution in [0.5, 0.6) is 11.5 Å². The Morgan fingerprint density at radius 1 is 1.17 bits per heavy atom. The van der Waals surface area contributed by atoms with Crippen molar-refractivity contribution in [1.29, 1.82) is 0 Å². The van der Waals surface area contributed by atoms with E-state index in [0.29, 0.717) is 48.1 Å². The lowest BCUT2D eigenvalue weighted by Crippen LogP contribution is -2.50. The Kier molecular flexibility index (Phi) is 7.17. The van der Waals surface area contributed by atoms with Crippen LogP contribution in [0.1, 0.15) is 18.5 Å². The van der Waals surface area contributed by atoms with E-state index in [4.69, 9.17) is 18.9 Å². The van der Waals surface area contributed by atoms with E-state index < -0.39 is 12.0 Å². The van der Waals surface area contributed by atoms with E-state index in [9.17, 15) is 9.59 Å². The molecule has 0 saturated carbocycles. The molecular weight excluding hydrogens is 390 g/mol. The fourth-order valence-corrected chi connectivity index (χ4v) is 3.62. The van der Waals surface area contributed by atoms with Crippen LogP contribution in [0.4, 0.5) is 4.79 Å². The molecule has 3 rings (SSSR count). The van der Waals surface area contributed by atoms with Gasteiger partial charge in [-0.1, -0.05) is 0 Å². The number of esters is 1. The molecule has 2 amide bonds. The fraction of sp³-hybridized carbons (Fsp3) is 0.524. The smallest absolute Gasteiger partial charge is 0.338 e. The van der Waals surface area contributed by atoms with Crippen LogP contribution in [-0.4, -0.2) is 82.5 Å². The van der Waals surface area contributed by atoms with Crippen LogP contribution in [0.2, 0.25) is 0 Å². The number of nitrogens with one attached hydrogen (secondary N) is 1. The predicted molar refractivity (Wildman–Crippen MR) is 109 cm³/mol. The summed E-state index contributed by atoms with van der Waals surface area (Å²) in [4.78, 5) is 29.5. The van der Waals surface area contributed by atoms with Crippen LogP contribution in [-0.2, 0) is 14.3 Å². The average molecular weight is 419 g/mol. The highest BCUT2D eigenvalue weighted by molar-refractivity contribution is 5.95. The molecule has 1 aromatic rings. The number of rotatable bonds is 7. The Labute approximate surface area is 176 Å². The predicted octanol–water partition coefficient (Wildman–Crippen LogP) is 1.55. The van der Waals surface area contributed by atoms with Gasteiger partial charge in [0.15, 0.2) is 0 Å². The van der Waals surface area contributed by atoms with Gasteiger partial charge in [-0.2, -0.15) is 0 Å². The Morgan fingerprint density at radius 3 is 2.37 bits per heavy atom. The van der Waals surface area contributed by atoms with E-state index in [2.05, 4.69) is 10.2 Å². The number of likely N-dealkylation sites (N-methyl/N-ethyl adjacent to an activating group) is 1. The standard InChI is InChI=1S/C21H29N3O6/c1-5-30-20(25)18-17(13-24-6-8-29-9-7-24)23(2)21(26)22-19(18)14-10-15(27-3)12-16(11-14)28-4/h10-12,19H,5-9,13H2,1-4H3,(H,22,26)/t19-/m0/s1. The summed E-state index contributed by atoms with van der Waals surface area (Å²) in [5, 5.41) is 2.92. The van der Waals surface area contributed by atoms with E-state index in [-0.39, 0.29) is 12.6 Å². The molecule has 1 atom stereocenters. The van der Waals surface area contributed by atoms with Crippen molar-refractivity contribution in [3.8, 4) is 11.5 Å². The van der Waals surface area contributed by atoms with Crippen LogP contribution in [0.3, 0.4) is 0 Å². The minimum absolute atomic E-state index is 0.235. The van der Waals surface area contributed by atoms with Gasteiger partial charge in [0.2, 0.25) is 0 Å². The summed E-state index contributed by atoms with van der Waals surface area (Å²) in [6.45, 7) is 5.13. The zero-order valence-electron chi connectivity index (χ0n) is 17.9. The van der Waals surface area contributed by atoms with Crippen molar-refractivity contribution in [3.63, 3.8) is 0 Å². The average Bonchev–Trinajstić information content (AvgIpc) is 2.77. The van der Waals surface area contributed by atoms with Crippen LogP contribution < -0.4 is 14.8 Å². The quantitative estimate of drug-likeness (QED) is 0.671. The minimum atomic E-state index is -0.687. The maximum atomic E-state index is 13.0. The van der Waals surface area contributed by atoms with Crippen molar-refractivity contribution in [3.05, 3.63) is 35.0 Å². The molecule has 1 fully saturated rings. The third kappa shape index (κ3) is 4.68. The first-order chi connectivity index (χ1) is 14.5. The van der Waals surface area contributed by atoms with Crippen molar-refractivity contribution in [2.75, 3.05) is 60.7 Å². The Hall–Kier alpha value is -2.78. The number of carbonyl (C=O) groups excluding carboxylic acids is 2. The molecule has 0 radical (unpaired) electrons. The topological polar surface area (TPSA) is 89.6 Å². The molecule has 1 aromatic carbocycles. The molecule has 9 nitrogen and oxygen atoms in total. The van der Waals surface area contributed by atoms with Gasteiger partial charge >= 0.3 is 12.0 Å². The SMILES string of the molecule is CCOC(=O)C1=C(CN2CCOCC2)N(C)C(=O)N[C@H]1c1cc(OC)cc(OC)c1. The zero-order valence-corrected chi connectivity index (χ0v) is 17.9. The largest absolute Gasteiger partial charge is 0.497 e. The van der Waals surface area contributed by atoms with Gasteiger partial charge in [0.1, 0.15) is 11.5 Å². The molecule has 1 saturated heterocycles. The van der Waals surface area contributed by atoms with Gasteiger partial charge in [-0.25, -0.2) is 9.59 Å². The molecule has 0 aliphatic carbocycles. The zero-order chi connectivity index (χ0) is 21.7. The highest BCUT2D eigenvalue weighted by Crippen LogP contribution is 2.35. The monoisotopic (exact) mass is 419 g/mol. The number of carbonyl (C=O) groups is 2. The summed E-state index contributed by atoms with van der Waals surface area (Å²) in [7, 11) is 4.77. The molecule has 0 aromatic heterocycles. The van der Waals surface area contributed by atoms with E-state index in [0.717, 1.165) is 13.1 Å². The summed E-state index contributed by atoms with van der Waals surface area (Å²) >= 11 is 0. The Morgan fingerprint density at radius 2 is 1.80 bits per heavy atom. The Balaban J connectivity index is 2.09. The van der Waals surface area contributed by atoms with Gasteiger partial charge in [0, 0.05) is 38.4 Å². The lowest BCUT2D eigenvalue weighted by atomic mass is 9.94. The van der Waals surface area contributed by atoms with Crippen molar-refractivity contribution in [1.82, 2.24) is 15.1 Å². The molecule has 0 spiro atoms. The summed E-state index contributed by atoms with van der Waals surface area (Å²) < 4.78 is 21.5. The fourth-order valence-electron chi connectivity index (χ4n) is 3.62. The van der Waals surface area contributed by atoms with E-state index in [1.54, 1.807) is 46.4 Å². The normalized spacial score (nSPS) is 20.1. The first kappa shape index (κ1) is 21.9. The van der Waals surface area contributed by atoms with E-state index in [1.807, 2.05) is 0 Å². The summed E-state index contributed by atoms with van der Waals surface area (Å²) in [5.74, 6) is 0.672. The summed E-state index contributed by atoms with van der Waals surface area (Å²) in [5.41, 5.74) is 1.70. The first-order valence-electron chi connectivity index (χ1n) is 9.95. The van der Waals surface area contributed by atoms with Crippen LogP contribution in [0, 0.1) is 0 Å². The second-order valence-corrected chi connectivity index (χ2v) is 7.06. The maximum absolute atomic E-state index is 13.0. The second-order valence-electron chi connectivity index (χ2n) is 7.06. The lowest BCUT2D eigenvalue weighted by Gasteiger charge is -2.37. The van der Waals surface area contributed by atoms with Crippen LogP contribution in [0.25, 0.3) is 0 Å². The molecule has 1 N–H and O–H groups in total. The number of urea groups is 1. The number of nitrogens with zero attached hydrogens (tertiary/aromatic N) is 2. The molecule has 0 bridgehead atoms. The summed E-state index contributed by atoms with van der Waals surface area (Å²) in [6.07, 6.45) is 0. The number of hydrogen-bond acceptors (Lipinski definition) is 7. The number of ether oxygens (including phenoxy) is 4. The van der Waals surface area contributed by atoms with E-state index in [1.165, 1.54) is 4.90 Å². The minimum Gasteiger partial charge on any atom is -0.497 e. The Bertz CT molecular complexity index is 797. The number of hydrogen-bond donors (Lipinski definition) is 1. The number of benzene rings is 1. The van der Waals surface area contributed by atoms with Crippen LogP contribution >= 0.6 is 0 Å². The van der Waals surface area contributed by atoms with Gasteiger partial charge < -0.3 is 24.3 Å². The number of morpholine rings is 1. The number of methoxy groups -OCH3 is 2. The van der Waals surface area contributed by atoms with E-state index >= 15 is 0 Å². The third-order valence-corrected chi connectivity index (χ3v) is 5.26. The number of amides is 2. The molecule has 0 unspecified atom stereocenters. The van der Waals surface area contributed by atoms with Crippen molar-refractivity contribution in [2.24, 2.45) is 0 Å². The second kappa shape index (κ2) is 9.82. The van der Waals surface area contributed by atoms with Crippen molar-refractivity contribution < 1.29 is 28.5 Å². The molecule has 164 valence electrons. The van der Waals surface area contributed by atoms with Gasteiger partial charge in [-0.05, 0) is 24.6 Å². The van der Waals surface area contributed by atoms with Crippen LogP contribution in [0.15, 0.2) is 29.5 Å². The molecule has 9 heteroatoms. The molecular formula is C21H29N3O6. The molecule has 2 heterocycles. The molecule has 30 heavy (non-hydrogen) atoms. The molecule has 2 aliphatic rings. The van der Waals surface area contributed by atoms with Gasteiger partial charge in [0.05, 0.1) is 45.7 Å². The lowest BCUT2D eigenvalue weighted by molar-refractivity contribution is -0.139. The highest BCUT2D eigenvalue weighted by Gasteiger charge is 2.37. The molecule has 2 aliphatic heterocycles. The van der Waals surface area contributed by atoms with Gasteiger partial charge in [-0.15, -0.1) is 0 Å². The van der Waals surface area contributed by atoms with Crippen molar-refractivity contribution >= 4 is 12.0 Å². The highest BCUT2D eigenvalue weighted by atomic mass is 16.5. The third-order valence-electron chi connectivity index (χ3n) is 5.26.